The number of ether oxygens (including phenoxy) is 12. The van der Waals surface area contributed by atoms with Gasteiger partial charge in [-0.15, -0.1) is 0 Å². The summed E-state index contributed by atoms with van der Waals surface area (Å²) in [5.74, 6) is 4.84. The number of pyridine rings is 1. The van der Waals surface area contributed by atoms with E-state index in [-0.39, 0.29) is 5.56 Å². The number of rotatable bonds is 15. The van der Waals surface area contributed by atoms with Crippen molar-refractivity contribution in [1.29, 1.82) is 0 Å². The van der Waals surface area contributed by atoms with Crippen molar-refractivity contribution < 1.29 is 56.8 Å². The Kier molecular flexibility index (Phi) is 11.5. The van der Waals surface area contributed by atoms with Crippen LogP contribution in [0.1, 0.15) is 11.4 Å². The summed E-state index contributed by atoms with van der Waals surface area (Å²) < 4.78 is 72.9. The minimum absolute atomic E-state index is 0.322. The van der Waals surface area contributed by atoms with E-state index in [1.165, 1.54) is 0 Å². The van der Waals surface area contributed by atoms with Crippen molar-refractivity contribution in [3.05, 3.63) is 88.5 Å². The molecule has 0 atom stereocenters. The predicted molar refractivity (Wildman–Crippen MR) is 285 cm³/mol. The third-order valence-electron chi connectivity index (χ3n) is 13.8. The highest BCUT2D eigenvalue weighted by Gasteiger charge is 2.31. The standard InChI is InChI=1S/C57H50N4O13/c1-63-36-19-26(20-37(64-2)52(36)70-8)43-30-13-15-32(58-30)44(27-21-38(65-3)53(71-9)39(22-27)66-4)34-17-18-35-45(28-23-40(67-5)54(72-10)41(24-28)68-6)51-49(57(62)61(34)35)48-47(33-16-14-31(43)59-33)46-29(50(48)60-51)25-42(69-7)55(73-11)56(46)74-12/h13-25,59H,1-12H3. The Labute approximate surface area is 423 Å². The highest BCUT2D eigenvalue weighted by atomic mass is 16.5. The maximum atomic E-state index is 16.3. The van der Waals surface area contributed by atoms with Crippen molar-refractivity contribution in [1.82, 2.24) is 19.4 Å². The first-order chi connectivity index (χ1) is 36.1. The Hall–Kier alpha value is -9.25. The first-order valence-electron chi connectivity index (χ1n) is 23.1. The Bertz CT molecular complexity index is 4030. The van der Waals surface area contributed by atoms with E-state index in [1.807, 2.05) is 78.9 Å². The highest BCUT2D eigenvalue weighted by molar-refractivity contribution is 6.38. The van der Waals surface area contributed by atoms with Crippen LogP contribution in [0.2, 0.25) is 0 Å². The summed E-state index contributed by atoms with van der Waals surface area (Å²) in [6, 6.07) is 20.8. The molecule has 0 aliphatic carbocycles. The SMILES string of the molecule is COc1cc(-c2c3nc(c(-c4cc(OC)c(OC)c(OC)c4)c4ccc5c(-c6cc(OC)c(OC)c(OC)c6)c6nc7c8cc(OC)c(OC)c(OC)c8c(c8ccc2[nH]8)c7c6c(=O)n45)C=C3)cc(OC)c1OC. The normalized spacial score (nSPS) is 11.8. The summed E-state index contributed by atoms with van der Waals surface area (Å²) in [5.41, 5.74) is 7.85. The monoisotopic (exact) mass is 998 g/mol. The molecule has 6 bridgehead atoms. The minimum Gasteiger partial charge on any atom is -0.493 e. The summed E-state index contributed by atoms with van der Waals surface area (Å²) in [6.45, 7) is 0. The second kappa shape index (κ2) is 18.1. The van der Waals surface area contributed by atoms with Crippen LogP contribution < -0.4 is 62.4 Å². The van der Waals surface area contributed by atoms with Gasteiger partial charge in [-0.05, 0) is 95.6 Å². The van der Waals surface area contributed by atoms with Crippen LogP contribution in [0, 0.1) is 0 Å². The quantitative estimate of drug-likeness (QED) is 0.103. The first kappa shape index (κ1) is 47.1. The molecule has 1 aliphatic rings. The number of nitrogens with one attached hydrogen (secondary N) is 1. The number of hydrogen-bond donors (Lipinski definition) is 1. The average molecular weight is 999 g/mol. The Morgan fingerprint density at radius 1 is 0.378 bits per heavy atom. The van der Waals surface area contributed by atoms with Gasteiger partial charge in [-0.1, -0.05) is 0 Å². The molecule has 10 aromatic rings. The Morgan fingerprint density at radius 3 is 1.27 bits per heavy atom. The molecule has 1 N–H and O–H groups in total. The van der Waals surface area contributed by atoms with Crippen molar-refractivity contribution in [3.63, 3.8) is 0 Å². The van der Waals surface area contributed by atoms with Crippen LogP contribution in [0.4, 0.5) is 0 Å². The van der Waals surface area contributed by atoms with Crippen LogP contribution in [0.15, 0.2) is 71.5 Å². The van der Waals surface area contributed by atoms with Gasteiger partial charge in [-0.25, -0.2) is 9.97 Å². The Balaban J connectivity index is 1.46. The molecule has 5 aromatic heterocycles. The first-order valence-corrected chi connectivity index (χ1v) is 23.1. The molecule has 17 nitrogen and oxygen atoms in total. The molecule has 0 saturated carbocycles. The lowest BCUT2D eigenvalue weighted by atomic mass is 10.0. The summed E-state index contributed by atoms with van der Waals surface area (Å²) in [6.07, 6.45) is 3.86. The maximum Gasteiger partial charge on any atom is 0.265 e. The molecule has 0 fully saturated rings. The number of aromatic amines is 1. The van der Waals surface area contributed by atoms with Crippen molar-refractivity contribution in [2.75, 3.05) is 85.3 Å². The van der Waals surface area contributed by atoms with Gasteiger partial charge in [0.2, 0.25) is 23.0 Å². The van der Waals surface area contributed by atoms with Gasteiger partial charge in [0.15, 0.2) is 46.0 Å². The molecule has 5 aromatic carbocycles. The molecule has 74 heavy (non-hydrogen) atoms. The molecule has 11 rings (SSSR count). The minimum atomic E-state index is -0.353. The molecule has 0 radical (unpaired) electrons. The summed E-state index contributed by atoms with van der Waals surface area (Å²) in [4.78, 5) is 31.1. The third kappa shape index (κ3) is 6.65. The fourth-order valence-electron chi connectivity index (χ4n) is 10.7. The van der Waals surface area contributed by atoms with E-state index >= 15 is 4.79 Å². The molecule has 6 heterocycles. The lowest BCUT2D eigenvalue weighted by Crippen LogP contribution is -2.13. The van der Waals surface area contributed by atoms with Crippen LogP contribution in [-0.4, -0.2) is 105 Å². The van der Waals surface area contributed by atoms with Gasteiger partial charge >= 0.3 is 0 Å². The molecule has 0 spiro atoms. The second-order valence-electron chi connectivity index (χ2n) is 17.1. The number of fused-ring (bicyclic) bond motifs is 8. The fraction of sp³-hybridized carbons (Fsp3) is 0.211. The zero-order valence-corrected chi connectivity index (χ0v) is 42.7. The zero-order valence-electron chi connectivity index (χ0n) is 42.7. The number of aromatic nitrogens is 4. The largest absolute Gasteiger partial charge is 0.493 e. The van der Waals surface area contributed by atoms with E-state index in [1.54, 1.807) is 89.7 Å². The van der Waals surface area contributed by atoms with Crippen LogP contribution in [0.25, 0.3) is 106 Å². The summed E-state index contributed by atoms with van der Waals surface area (Å²) in [7, 11) is 18.7. The van der Waals surface area contributed by atoms with Crippen LogP contribution in [-0.2, 0) is 0 Å². The Morgan fingerprint density at radius 2 is 0.797 bits per heavy atom. The van der Waals surface area contributed by atoms with Gasteiger partial charge in [0.25, 0.3) is 5.56 Å². The summed E-state index contributed by atoms with van der Waals surface area (Å²) >= 11 is 0. The maximum absolute atomic E-state index is 16.3. The molecule has 0 saturated heterocycles. The van der Waals surface area contributed by atoms with Gasteiger partial charge in [-0.3, -0.25) is 9.20 Å². The van der Waals surface area contributed by atoms with E-state index in [2.05, 4.69) is 4.98 Å². The van der Waals surface area contributed by atoms with E-state index in [0.29, 0.717) is 174 Å². The van der Waals surface area contributed by atoms with Crippen molar-refractivity contribution in [3.8, 4) is 102 Å². The van der Waals surface area contributed by atoms with Crippen molar-refractivity contribution >= 4 is 72.2 Å². The fourth-order valence-corrected chi connectivity index (χ4v) is 10.7. The number of H-pyrrole nitrogens is 1. The zero-order chi connectivity index (χ0) is 51.9. The molecular formula is C57H50N4O13. The van der Waals surface area contributed by atoms with E-state index in [0.717, 1.165) is 0 Å². The number of benzene rings is 4. The topological polar surface area (TPSA) is 174 Å². The second-order valence-corrected chi connectivity index (χ2v) is 17.1. The smallest absolute Gasteiger partial charge is 0.265 e. The van der Waals surface area contributed by atoms with Gasteiger partial charge in [0, 0.05) is 49.3 Å². The predicted octanol–water partition coefficient (Wildman–Crippen LogP) is 10.8. The molecular weight excluding hydrogens is 949 g/mol. The van der Waals surface area contributed by atoms with Crippen molar-refractivity contribution in [2.45, 2.75) is 0 Å². The number of hydrogen-bond acceptors (Lipinski definition) is 15. The van der Waals surface area contributed by atoms with Gasteiger partial charge in [-0.2, -0.15) is 0 Å². The van der Waals surface area contributed by atoms with E-state index in [4.69, 9.17) is 66.8 Å². The molecule has 17 heteroatoms. The van der Waals surface area contributed by atoms with E-state index < -0.39 is 0 Å². The molecule has 376 valence electrons. The lowest BCUT2D eigenvalue weighted by molar-refractivity contribution is 0.324. The van der Waals surface area contributed by atoms with Crippen LogP contribution in [0.5, 0.6) is 69.0 Å². The lowest BCUT2D eigenvalue weighted by Gasteiger charge is -2.16. The van der Waals surface area contributed by atoms with Crippen molar-refractivity contribution in [2.24, 2.45) is 0 Å². The van der Waals surface area contributed by atoms with Gasteiger partial charge in [0.1, 0.15) is 0 Å². The molecule has 0 amide bonds. The third-order valence-corrected chi connectivity index (χ3v) is 13.8. The summed E-state index contributed by atoms with van der Waals surface area (Å²) in [5, 5.41) is 2.81. The van der Waals surface area contributed by atoms with Gasteiger partial charge < -0.3 is 61.8 Å². The average Bonchev–Trinajstić information content (AvgIpc) is 4.32. The van der Waals surface area contributed by atoms with Crippen LogP contribution >= 0.6 is 0 Å². The molecule has 0 unspecified atom stereocenters. The van der Waals surface area contributed by atoms with E-state index in [9.17, 15) is 0 Å². The highest BCUT2D eigenvalue weighted by Crippen LogP contribution is 2.54. The van der Waals surface area contributed by atoms with Gasteiger partial charge in [0.05, 0.1) is 124 Å². The number of nitrogens with zero attached hydrogens (tertiary/aromatic N) is 3. The number of methoxy groups -OCH3 is 12. The molecule has 1 aliphatic heterocycles. The van der Waals surface area contributed by atoms with Crippen LogP contribution in [0.3, 0.4) is 0 Å².